The van der Waals surface area contributed by atoms with Crippen molar-refractivity contribution in [1.29, 1.82) is 0 Å². The minimum atomic E-state index is 0.677. The second-order valence-corrected chi connectivity index (χ2v) is 6.44. The molecule has 0 fully saturated rings. The molecule has 0 aliphatic rings. The van der Waals surface area contributed by atoms with Crippen LogP contribution in [-0.2, 0) is 0 Å². The van der Waals surface area contributed by atoms with Gasteiger partial charge in [-0.1, -0.05) is 13.8 Å². The van der Waals surface area contributed by atoms with Crippen molar-refractivity contribution in [3.05, 3.63) is 0 Å². The Labute approximate surface area is 101 Å². The maximum Gasteiger partial charge on any atom is 0.00778 e. The second kappa shape index (κ2) is 8.46. The van der Waals surface area contributed by atoms with Crippen molar-refractivity contribution in [2.24, 2.45) is 5.92 Å². The molecule has 0 unspecified atom stereocenters. The fraction of sp³-hybridized carbons (Fsp3) is 1.00. The van der Waals surface area contributed by atoms with Crippen molar-refractivity contribution in [1.82, 2.24) is 4.90 Å². The Morgan fingerprint density at radius 2 is 1.40 bits per heavy atom. The molecule has 0 aromatic carbocycles. The summed E-state index contributed by atoms with van der Waals surface area (Å²) in [6, 6.07) is 1.35. The van der Waals surface area contributed by atoms with Gasteiger partial charge in [-0.05, 0) is 45.8 Å². The molecule has 2 heteroatoms. The zero-order valence-corrected chi connectivity index (χ0v) is 12.2. The molecule has 0 spiro atoms. The number of rotatable bonds is 8. The van der Waals surface area contributed by atoms with Gasteiger partial charge in [0.25, 0.3) is 0 Å². The Morgan fingerprint density at radius 1 is 0.867 bits per heavy atom. The van der Waals surface area contributed by atoms with E-state index in [-0.39, 0.29) is 0 Å². The van der Waals surface area contributed by atoms with Gasteiger partial charge in [-0.3, -0.25) is 4.90 Å². The SMILES string of the molecule is CC(C)CCSCCN(C(C)C)C(C)C. The molecular formula is C13H29NS. The van der Waals surface area contributed by atoms with Gasteiger partial charge in [0, 0.05) is 24.4 Å². The van der Waals surface area contributed by atoms with Crippen LogP contribution in [0.15, 0.2) is 0 Å². The lowest BCUT2D eigenvalue weighted by molar-refractivity contribution is 0.187. The molecule has 0 N–H and O–H groups in total. The predicted molar refractivity (Wildman–Crippen MR) is 73.8 cm³/mol. The predicted octanol–water partition coefficient (Wildman–Crippen LogP) is 3.88. The summed E-state index contributed by atoms with van der Waals surface area (Å²) in [4.78, 5) is 2.57. The van der Waals surface area contributed by atoms with Crippen molar-refractivity contribution in [2.75, 3.05) is 18.1 Å². The van der Waals surface area contributed by atoms with Gasteiger partial charge < -0.3 is 0 Å². The first-order valence-electron chi connectivity index (χ1n) is 6.28. The molecule has 0 aromatic heterocycles. The van der Waals surface area contributed by atoms with Crippen LogP contribution in [0.3, 0.4) is 0 Å². The van der Waals surface area contributed by atoms with E-state index >= 15 is 0 Å². The van der Waals surface area contributed by atoms with Crippen molar-refractivity contribution in [3.63, 3.8) is 0 Å². The summed E-state index contributed by atoms with van der Waals surface area (Å²) in [6.45, 7) is 15.0. The highest BCUT2D eigenvalue weighted by molar-refractivity contribution is 7.99. The van der Waals surface area contributed by atoms with E-state index in [1.807, 2.05) is 0 Å². The van der Waals surface area contributed by atoms with Crippen LogP contribution in [0.1, 0.15) is 48.0 Å². The van der Waals surface area contributed by atoms with E-state index in [1.165, 1.54) is 24.5 Å². The van der Waals surface area contributed by atoms with Crippen molar-refractivity contribution >= 4 is 11.8 Å². The van der Waals surface area contributed by atoms with E-state index in [9.17, 15) is 0 Å². The van der Waals surface area contributed by atoms with Gasteiger partial charge in [-0.15, -0.1) is 0 Å². The van der Waals surface area contributed by atoms with E-state index in [0.717, 1.165) is 5.92 Å². The van der Waals surface area contributed by atoms with Crippen molar-refractivity contribution in [3.8, 4) is 0 Å². The summed E-state index contributed by atoms with van der Waals surface area (Å²) in [5, 5.41) is 0. The first kappa shape index (κ1) is 15.3. The average molecular weight is 231 g/mol. The Morgan fingerprint density at radius 3 is 1.80 bits per heavy atom. The lowest BCUT2D eigenvalue weighted by Gasteiger charge is -2.30. The fourth-order valence-electron chi connectivity index (χ4n) is 1.70. The molecule has 0 amide bonds. The molecule has 0 radical (unpaired) electrons. The molecule has 0 aliphatic heterocycles. The van der Waals surface area contributed by atoms with E-state index < -0.39 is 0 Å². The molecule has 1 nitrogen and oxygen atoms in total. The minimum absolute atomic E-state index is 0.677. The van der Waals surface area contributed by atoms with E-state index in [2.05, 4.69) is 58.2 Å². The lowest BCUT2D eigenvalue weighted by atomic mass is 10.2. The number of hydrogen-bond donors (Lipinski definition) is 0. The van der Waals surface area contributed by atoms with Gasteiger partial charge in [-0.2, -0.15) is 11.8 Å². The van der Waals surface area contributed by atoms with Crippen LogP contribution in [0.5, 0.6) is 0 Å². The summed E-state index contributed by atoms with van der Waals surface area (Å²) >= 11 is 2.10. The molecule has 92 valence electrons. The summed E-state index contributed by atoms with van der Waals surface area (Å²) in [6.07, 6.45) is 1.36. The molecule has 0 aromatic rings. The van der Waals surface area contributed by atoms with Crippen LogP contribution in [-0.4, -0.2) is 35.0 Å². The zero-order valence-electron chi connectivity index (χ0n) is 11.4. The highest BCUT2D eigenvalue weighted by Crippen LogP contribution is 2.11. The fourth-order valence-corrected chi connectivity index (χ4v) is 2.89. The van der Waals surface area contributed by atoms with Gasteiger partial charge in [0.15, 0.2) is 0 Å². The highest BCUT2D eigenvalue weighted by Gasteiger charge is 2.12. The number of nitrogens with zero attached hydrogens (tertiary/aromatic N) is 1. The Kier molecular flexibility index (Phi) is 8.64. The first-order valence-corrected chi connectivity index (χ1v) is 7.44. The molecule has 0 rings (SSSR count). The first-order chi connectivity index (χ1) is 6.95. The van der Waals surface area contributed by atoms with Gasteiger partial charge in [0.05, 0.1) is 0 Å². The molecule has 0 aliphatic carbocycles. The van der Waals surface area contributed by atoms with Crippen LogP contribution in [0.2, 0.25) is 0 Å². The van der Waals surface area contributed by atoms with E-state index in [0.29, 0.717) is 12.1 Å². The Hall–Kier alpha value is 0.310. The lowest BCUT2D eigenvalue weighted by Crippen LogP contribution is -2.38. The summed E-state index contributed by atoms with van der Waals surface area (Å²) in [5.74, 6) is 3.45. The third-order valence-corrected chi connectivity index (χ3v) is 3.66. The standard InChI is InChI=1S/C13H29NS/c1-11(2)7-9-15-10-8-14(12(3)4)13(5)6/h11-13H,7-10H2,1-6H3. The van der Waals surface area contributed by atoms with Crippen LogP contribution in [0, 0.1) is 5.92 Å². The number of thioether (sulfide) groups is 1. The Balaban J connectivity index is 3.55. The van der Waals surface area contributed by atoms with Gasteiger partial charge in [0.2, 0.25) is 0 Å². The maximum absolute atomic E-state index is 2.57. The van der Waals surface area contributed by atoms with Gasteiger partial charge in [-0.25, -0.2) is 0 Å². The zero-order chi connectivity index (χ0) is 11.8. The summed E-state index contributed by atoms with van der Waals surface area (Å²) < 4.78 is 0. The second-order valence-electron chi connectivity index (χ2n) is 5.22. The molecule has 0 atom stereocenters. The topological polar surface area (TPSA) is 3.24 Å². The molecule has 0 heterocycles. The van der Waals surface area contributed by atoms with Crippen LogP contribution < -0.4 is 0 Å². The molecule has 0 saturated carbocycles. The third-order valence-electron chi connectivity index (χ3n) is 2.66. The average Bonchev–Trinajstić information content (AvgIpc) is 2.08. The highest BCUT2D eigenvalue weighted by atomic mass is 32.2. The van der Waals surface area contributed by atoms with Crippen molar-refractivity contribution < 1.29 is 0 Å². The molecule has 0 bridgehead atoms. The van der Waals surface area contributed by atoms with Gasteiger partial charge in [0.1, 0.15) is 0 Å². The van der Waals surface area contributed by atoms with E-state index in [1.54, 1.807) is 0 Å². The van der Waals surface area contributed by atoms with Gasteiger partial charge >= 0.3 is 0 Å². The molecule has 0 saturated heterocycles. The summed E-state index contributed by atoms with van der Waals surface area (Å²) in [7, 11) is 0. The largest absolute Gasteiger partial charge is 0.298 e. The van der Waals surface area contributed by atoms with Crippen molar-refractivity contribution in [2.45, 2.75) is 60.0 Å². The smallest absolute Gasteiger partial charge is 0.00778 e. The van der Waals surface area contributed by atoms with Crippen LogP contribution in [0.4, 0.5) is 0 Å². The molecule has 15 heavy (non-hydrogen) atoms. The maximum atomic E-state index is 2.57. The summed E-state index contributed by atoms with van der Waals surface area (Å²) in [5.41, 5.74) is 0. The van der Waals surface area contributed by atoms with E-state index in [4.69, 9.17) is 0 Å². The monoisotopic (exact) mass is 231 g/mol. The normalized spacial score (nSPS) is 12.4. The third kappa shape index (κ3) is 8.15. The number of hydrogen-bond acceptors (Lipinski definition) is 2. The van der Waals surface area contributed by atoms with Crippen LogP contribution >= 0.6 is 11.8 Å². The van der Waals surface area contributed by atoms with Crippen LogP contribution in [0.25, 0.3) is 0 Å². The molecular weight excluding hydrogens is 202 g/mol. The quantitative estimate of drug-likeness (QED) is 0.583. The Bertz CT molecular complexity index is 135. The minimum Gasteiger partial charge on any atom is -0.298 e.